The molecule has 0 spiro atoms. The molecule has 1 aromatic rings. The molecule has 0 N–H and O–H groups in total. The number of Topliss-reactive ketones (excluding diaryl/α,β-unsaturated/α-hetero) is 1. The molecule has 1 aliphatic rings. The first-order valence-electron chi connectivity index (χ1n) is 4.56. The summed E-state index contributed by atoms with van der Waals surface area (Å²) in [5.41, 5.74) is 0.444. The first-order chi connectivity index (χ1) is 7.26. The van der Waals surface area contributed by atoms with Crippen LogP contribution in [0.15, 0.2) is 18.2 Å². The van der Waals surface area contributed by atoms with Gasteiger partial charge >= 0.3 is 0 Å². The monoisotopic (exact) mass is 206 g/mol. The van der Waals surface area contributed by atoms with Gasteiger partial charge in [-0.15, -0.1) is 0 Å². The van der Waals surface area contributed by atoms with Crippen LogP contribution in [0.4, 0.5) is 0 Å². The van der Waals surface area contributed by atoms with Crippen molar-refractivity contribution in [2.75, 3.05) is 13.7 Å². The first-order valence-corrected chi connectivity index (χ1v) is 4.56. The number of hydrogen-bond donors (Lipinski definition) is 0. The molecule has 0 aliphatic carbocycles. The Labute approximate surface area is 86.8 Å². The van der Waals surface area contributed by atoms with E-state index >= 15 is 0 Å². The van der Waals surface area contributed by atoms with Crippen LogP contribution < -0.4 is 9.47 Å². The second-order valence-electron chi connectivity index (χ2n) is 3.28. The van der Waals surface area contributed by atoms with Crippen molar-refractivity contribution in [2.45, 2.75) is 0 Å². The zero-order valence-electron chi connectivity index (χ0n) is 8.23. The van der Waals surface area contributed by atoms with E-state index < -0.39 is 5.92 Å². The number of ketones is 1. The topological polar surface area (TPSA) is 52.6 Å². The lowest BCUT2D eigenvalue weighted by Gasteiger charge is -2.20. The van der Waals surface area contributed by atoms with Crippen molar-refractivity contribution in [3.63, 3.8) is 0 Å². The van der Waals surface area contributed by atoms with E-state index in [1.807, 2.05) is 0 Å². The maximum atomic E-state index is 11.7. The van der Waals surface area contributed by atoms with Crippen LogP contribution in [0.1, 0.15) is 10.4 Å². The number of carbonyl (C=O) groups is 2. The highest BCUT2D eigenvalue weighted by Crippen LogP contribution is 2.30. The third kappa shape index (κ3) is 1.58. The van der Waals surface area contributed by atoms with Gasteiger partial charge in [0, 0.05) is 6.07 Å². The second kappa shape index (κ2) is 3.73. The van der Waals surface area contributed by atoms with Gasteiger partial charge in [0.1, 0.15) is 30.3 Å². The van der Waals surface area contributed by atoms with E-state index in [0.29, 0.717) is 23.3 Å². The minimum absolute atomic E-state index is 0.114. The Balaban J connectivity index is 2.41. The van der Waals surface area contributed by atoms with Gasteiger partial charge in [-0.25, -0.2) is 0 Å². The van der Waals surface area contributed by atoms with Gasteiger partial charge in [0.05, 0.1) is 12.7 Å². The Morgan fingerprint density at radius 2 is 2.33 bits per heavy atom. The minimum atomic E-state index is -0.675. The summed E-state index contributed by atoms with van der Waals surface area (Å²) in [4.78, 5) is 22.3. The summed E-state index contributed by atoms with van der Waals surface area (Å²) in [5, 5.41) is 0. The summed E-state index contributed by atoms with van der Waals surface area (Å²) in [6, 6.07) is 4.94. The molecule has 2 rings (SSSR count). The summed E-state index contributed by atoms with van der Waals surface area (Å²) >= 11 is 0. The van der Waals surface area contributed by atoms with Crippen LogP contribution in [-0.4, -0.2) is 25.8 Å². The van der Waals surface area contributed by atoms with Crippen LogP contribution >= 0.6 is 0 Å². The normalized spacial score (nSPS) is 19.0. The Morgan fingerprint density at radius 3 is 3.00 bits per heavy atom. The standard InChI is InChI=1S/C11H10O4/c1-14-8-2-3-9-10(4-8)15-6-7(5-12)11(9)13/h2-5,7H,6H2,1H3. The Kier molecular flexibility index (Phi) is 2.41. The van der Waals surface area contributed by atoms with Gasteiger partial charge in [0.15, 0.2) is 5.78 Å². The molecule has 0 fully saturated rings. The molecule has 1 unspecified atom stereocenters. The molecule has 1 aliphatic heterocycles. The number of carbonyl (C=O) groups excluding carboxylic acids is 2. The van der Waals surface area contributed by atoms with Crippen molar-refractivity contribution in [3.8, 4) is 11.5 Å². The number of aldehydes is 1. The maximum absolute atomic E-state index is 11.7. The van der Waals surface area contributed by atoms with Gasteiger partial charge < -0.3 is 14.3 Å². The van der Waals surface area contributed by atoms with Gasteiger partial charge in [0.2, 0.25) is 0 Å². The van der Waals surface area contributed by atoms with E-state index in [1.54, 1.807) is 25.3 Å². The molecule has 78 valence electrons. The lowest BCUT2D eigenvalue weighted by atomic mass is 9.96. The zero-order chi connectivity index (χ0) is 10.8. The molecule has 0 bridgehead atoms. The number of rotatable bonds is 2. The predicted octanol–water partition coefficient (Wildman–Crippen LogP) is 1.09. The molecule has 0 radical (unpaired) electrons. The van der Waals surface area contributed by atoms with Crippen molar-refractivity contribution >= 4 is 12.1 Å². The average molecular weight is 206 g/mol. The Morgan fingerprint density at radius 1 is 1.53 bits per heavy atom. The fourth-order valence-corrected chi connectivity index (χ4v) is 1.51. The Bertz CT molecular complexity index is 411. The van der Waals surface area contributed by atoms with Gasteiger partial charge in [0.25, 0.3) is 0 Å². The molecule has 0 aromatic heterocycles. The first kappa shape index (κ1) is 9.71. The zero-order valence-corrected chi connectivity index (χ0v) is 8.23. The molecule has 4 heteroatoms. The molecule has 1 aromatic carbocycles. The van der Waals surface area contributed by atoms with Crippen molar-refractivity contribution < 1.29 is 19.1 Å². The van der Waals surface area contributed by atoms with E-state index in [9.17, 15) is 9.59 Å². The van der Waals surface area contributed by atoms with E-state index in [2.05, 4.69) is 0 Å². The smallest absolute Gasteiger partial charge is 0.180 e. The highest BCUT2D eigenvalue weighted by atomic mass is 16.5. The quantitative estimate of drug-likeness (QED) is 0.536. The predicted molar refractivity (Wildman–Crippen MR) is 52.4 cm³/mol. The van der Waals surface area contributed by atoms with Gasteiger partial charge in [-0.2, -0.15) is 0 Å². The minimum Gasteiger partial charge on any atom is -0.497 e. The fraction of sp³-hybridized carbons (Fsp3) is 0.273. The molecule has 1 atom stereocenters. The number of benzene rings is 1. The molecule has 4 nitrogen and oxygen atoms in total. The van der Waals surface area contributed by atoms with E-state index in [4.69, 9.17) is 9.47 Å². The summed E-state index contributed by atoms with van der Waals surface area (Å²) in [6.07, 6.45) is 0.621. The lowest BCUT2D eigenvalue weighted by molar-refractivity contribution is -0.110. The number of fused-ring (bicyclic) bond motifs is 1. The van der Waals surface area contributed by atoms with Crippen LogP contribution in [0.5, 0.6) is 11.5 Å². The van der Waals surface area contributed by atoms with Gasteiger partial charge in [-0.1, -0.05) is 0 Å². The van der Waals surface area contributed by atoms with Crippen molar-refractivity contribution in [2.24, 2.45) is 5.92 Å². The third-order valence-corrected chi connectivity index (χ3v) is 2.37. The van der Waals surface area contributed by atoms with E-state index in [0.717, 1.165) is 0 Å². The highest BCUT2D eigenvalue weighted by Gasteiger charge is 2.28. The second-order valence-corrected chi connectivity index (χ2v) is 3.28. The van der Waals surface area contributed by atoms with Crippen molar-refractivity contribution in [1.82, 2.24) is 0 Å². The highest BCUT2D eigenvalue weighted by molar-refractivity contribution is 6.08. The van der Waals surface area contributed by atoms with E-state index in [1.165, 1.54) is 0 Å². The maximum Gasteiger partial charge on any atom is 0.180 e. The van der Waals surface area contributed by atoms with Gasteiger partial charge in [-0.05, 0) is 12.1 Å². The van der Waals surface area contributed by atoms with Crippen LogP contribution in [-0.2, 0) is 4.79 Å². The number of methoxy groups -OCH3 is 1. The Hall–Kier alpha value is -1.84. The molecule has 1 heterocycles. The molecule has 15 heavy (non-hydrogen) atoms. The SMILES string of the molecule is COc1ccc2c(c1)OCC(C=O)C2=O. The third-order valence-electron chi connectivity index (χ3n) is 2.37. The largest absolute Gasteiger partial charge is 0.497 e. The molecule has 0 saturated carbocycles. The molecule has 0 amide bonds. The number of ether oxygens (including phenoxy) is 2. The van der Waals surface area contributed by atoms with E-state index in [-0.39, 0.29) is 12.4 Å². The molecular formula is C11H10O4. The van der Waals surface area contributed by atoms with Crippen LogP contribution in [0.2, 0.25) is 0 Å². The number of hydrogen-bond acceptors (Lipinski definition) is 4. The van der Waals surface area contributed by atoms with Crippen LogP contribution in [0.3, 0.4) is 0 Å². The lowest BCUT2D eigenvalue weighted by Crippen LogP contribution is -2.28. The summed E-state index contributed by atoms with van der Waals surface area (Å²) < 4.78 is 10.3. The van der Waals surface area contributed by atoms with Crippen molar-refractivity contribution in [1.29, 1.82) is 0 Å². The average Bonchev–Trinajstić information content (AvgIpc) is 2.29. The van der Waals surface area contributed by atoms with Crippen molar-refractivity contribution in [3.05, 3.63) is 23.8 Å². The molecule has 0 saturated heterocycles. The summed E-state index contributed by atoms with van der Waals surface area (Å²) in [5.74, 6) is 0.253. The molecular weight excluding hydrogens is 196 g/mol. The van der Waals surface area contributed by atoms with Crippen LogP contribution in [0, 0.1) is 5.92 Å². The summed E-state index contributed by atoms with van der Waals surface area (Å²) in [6.45, 7) is 0.114. The van der Waals surface area contributed by atoms with Gasteiger partial charge in [-0.3, -0.25) is 4.79 Å². The van der Waals surface area contributed by atoms with Crippen LogP contribution in [0.25, 0.3) is 0 Å². The fourth-order valence-electron chi connectivity index (χ4n) is 1.51. The summed E-state index contributed by atoms with van der Waals surface area (Å²) in [7, 11) is 1.54.